The number of nitrogens with two attached hydrogens (primary N) is 1. The molecular weight excluding hydrogens is 252 g/mol. The Balaban J connectivity index is 0.00000289. The zero-order valence-electron chi connectivity index (χ0n) is 11.0. The van der Waals surface area contributed by atoms with Gasteiger partial charge >= 0.3 is 0 Å². The van der Waals surface area contributed by atoms with Gasteiger partial charge in [0.25, 0.3) is 5.91 Å². The van der Waals surface area contributed by atoms with Crippen LogP contribution >= 0.6 is 12.4 Å². The van der Waals surface area contributed by atoms with Gasteiger partial charge in [-0.3, -0.25) is 4.79 Å². The lowest BCUT2D eigenvalue weighted by atomic mass is 10.2. The number of nitrogens with zero attached hydrogens (tertiary/aromatic N) is 1. The average molecular weight is 273 g/mol. The molecule has 0 bridgehead atoms. The lowest BCUT2D eigenvalue weighted by Gasteiger charge is -2.26. The second kappa shape index (κ2) is 7.95. The van der Waals surface area contributed by atoms with E-state index in [1.165, 1.54) is 0 Å². The van der Waals surface area contributed by atoms with Crippen LogP contribution in [-0.2, 0) is 4.79 Å². The fourth-order valence-corrected chi connectivity index (χ4v) is 1.42. The predicted molar refractivity (Wildman–Crippen MR) is 75.1 cm³/mol. The van der Waals surface area contributed by atoms with Gasteiger partial charge in [-0.1, -0.05) is 18.2 Å². The minimum Gasteiger partial charge on any atom is -0.481 e. The van der Waals surface area contributed by atoms with E-state index in [4.69, 9.17) is 10.5 Å². The van der Waals surface area contributed by atoms with Crippen molar-refractivity contribution in [3.63, 3.8) is 0 Å². The maximum absolute atomic E-state index is 12.0. The van der Waals surface area contributed by atoms with Gasteiger partial charge in [-0.05, 0) is 26.0 Å². The van der Waals surface area contributed by atoms with Gasteiger partial charge < -0.3 is 15.4 Å². The number of carbonyl (C=O) groups is 1. The Morgan fingerprint density at radius 2 is 1.89 bits per heavy atom. The zero-order chi connectivity index (χ0) is 12.8. The normalized spacial score (nSPS) is 13.1. The molecule has 1 rings (SSSR count). The lowest BCUT2D eigenvalue weighted by molar-refractivity contribution is -0.138. The first-order valence-corrected chi connectivity index (χ1v) is 5.74. The van der Waals surface area contributed by atoms with E-state index in [0.717, 1.165) is 0 Å². The molecule has 0 saturated carbocycles. The quantitative estimate of drug-likeness (QED) is 0.887. The van der Waals surface area contributed by atoms with E-state index in [0.29, 0.717) is 12.3 Å². The summed E-state index contributed by atoms with van der Waals surface area (Å²) < 4.78 is 5.56. The highest BCUT2D eigenvalue weighted by atomic mass is 35.5. The molecule has 1 aromatic rings. The van der Waals surface area contributed by atoms with Crippen molar-refractivity contribution in [2.75, 3.05) is 13.6 Å². The topological polar surface area (TPSA) is 55.6 Å². The standard InChI is InChI=1S/C13H20N2O2.ClH/c1-10(9-14)15(3)13(16)11(2)17-12-7-5-4-6-8-12;/h4-8,10-11H,9,14H2,1-3H3;1H. The highest BCUT2D eigenvalue weighted by Crippen LogP contribution is 2.12. The first-order chi connectivity index (χ1) is 8.06. The first kappa shape index (κ1) is 16.7. The van der Waals surface area contributed by atoms with Crippen LogP contribution in [0.4, 0.5) is 0 Å². The van der Waals surface area contributed by atoms with Crippen molar-refractivity contribution in [1.29, 1.82) is 0 Å². The van der Waals surface area contributed by atoms with Gasteiger partial charge in [0, 0.05) is 19.6 Å². The Kier molecular flexibility index (Phi) is 7.39. The number of hydrogen-bond acceptors (Lipinski definition) is 3. The molecule has 1 amide bonds. The third-order valence-corrected chi connectivity index (χ3v) is 2.75. The minimum absolute atomic E-state index is 0. The number of amides is 1. The third-order valence-electron chi connectivity index (χ3n) is 2.75. The van der Waals surface area contributed by atoms with E-state index in [1.807, 2.05) is 37.3 Å². The van der Waals surface area contributed by atoms with E-state index in [2.05, 4.69) is 0 Å². The van der Waals surface area contributed by atoms with Crippen molar-refractivity contribution >= 4 is 18.3 Å². The summed E-state index contributed by atoms with van der Waals surface area (Å²) in [5.41, 5.74) is 5.53. The molecule has 0 aliphatic rings. The van der Waals surface area contributed by atoms with Crippen LogP contribution in [-0.4, -0.2) is 36.5 Å². The number of hydrogen-bond donors (Lipinski definition) is 1. The van der Waals surface area contributed by atoms with Gasteiger partial charge in [0.2, 0.25) is 0 Å². The predicted octanol–water partition coefficient (Wildman–Crippen LogP) is 1.68. The van der Waals surface area contributed by atoms with Crippen LogP contribution in [0.3, 0.4) is 0 Å². The maximum atomic E-state index is 12.0. The van der Waals surface area contributed by atoms with Crippen LogP contribution in [0.2, 0.25) is 0 Å². The highest BCUT2D eigenvalue weighted by Gasteiger charge is 2.22. The van der Waals surface area contributed by atoms with Crippen molar-refractivity contribution in [3.05, 3.63) is 30.3 Å². The Labute approximate surface area is 115 Å². The van der Waals surface area contributed by atoms with Gasteiger partial charge in [-0.25, -0.2) is 0 Å². The smallest absolute Gasteiger partial charge is 0.263 e. The summed E-state index contributed by atoms with van der Waals surface area (Å²) in [7, 11) is 1.74. The number of para-hydroxylation sites is 1. The Bertz CT molecular complexity index is 359. The number of likely N-dealkylation sites (N-methyl/N-ethyl adjacent to an activating group) is 1. The van der Waals surface area contributed by atoms with Crippen LogP contribution in [0, 0.1) is 0 Å². The minimum atomic E-state index is -0.503. The van der Waals surface area contributed by atoms with Gasteiger partial charge in [-0.2, -0.15) is 0 Å². The molecule has 18 heavy (non-hydrogen) atoms. The fraction of sp³-hybridized carbons (Fsp3) is 0.462. The van der Waals surface area contributed by atoms with Crippen LogP contribution in [0.25, 0.3) is 0 Å². The van der Waals surface area contributed by atoms with Crippen molar-refractivity contribution < 1.29 is 9.53 Å². The molecule has 0 aliphatic carbocycles. The summed E-state index contributed by atoms with van der Waals surface area (Å²) in [5, 5.41) is 0. The van der Waals surface area contributed by atoms with Gasteiger partial charge in [-0.15, -0.1) is 12.4 Å². The van der Waals surface area contributed by atoms with Crippen molar-refractivity contribution in [2.45, 2.75) is 26.0 Å². The fourth-order valence-electron chi connectivity index (χ4n) is 1.42. The van der Waals surface area contributed by atoms with E-state index >= 15 is 0 Å². The monoisotopic (exact) mass is 272 g/mol. The number of halogens is 1. The number of benzene rings is 1. The molecule has 102 valence electrons. The third kappa shape index (κ3) is 4.55. The van der Waals surface area contributed by atoms with Crippen LogP contribution < -0.4 is 10.5 Å². The molecule has 0 heterocycles. The average Bonchev–Trinajstić information content (AvgIpc) is 2.37. The summed E-state index contributed by atoms with van der Waals surface area (Å²) in [5.74, 6) is 0.633. The Morgan fingerprint density at radius 3 is 2.39 bits per heavy atom. The summed E-state index contributed by atoms with van der Waals surface area (Å²) in [6.45, 7) is 4.10. The van der Waals surface area contributed by atoms with Crippen LogP contribution in [0.1, 0.15) is 13.8 Å². The molecule has 2 unspecified atom stereocenters. The molecule has 0 radical (unpaired) electrons. The van der Waals surface area contributed by atoms with E-state index < -0.39 is 6.10 Å². The molecular formula is C13H21ClN2O2. The molecule has 2 atom stereocenters. The van der Waals surface area contributed by atoms with Gasteiger partial charge in [0.05, 0.1) is 0 Å². The van der Waals surface area contributed by atoms with Crippen molar-refractivity contribution in [3.8, 4) is 5.75 Å². The lowest BCUT2D eigenvalue weighted by Crippen LogP contribution is -2.45. The molecule has 1 aromatic carbocycles. The first-order valence-electron chi connectivity index (χ1n) is 5.74. The summed E-state index contributed by atoms with van der Waals surface area (Å²) >= 11 is 0. The second-order valence-electron chi connectivity index (χ2n) is 4.11. The molecule has 4 nitrogen and oxygen atoms in total. The van der Waals surface area contributed by atoms with Gasteiger partial charge in [0.15, 0.2) is 6.10 Å². The van der Waals surface area contributed by atoms with E-state index in [9.17, 15) is 4.79 Å². The SMILES string of the molecule is CC(Oc1ccccc1)C(=O)N(C)C(C)CN.Cl. The van der Waals surface area contributed by atoms with Crippen LogP contribution in [0.15, 0.2) is 30.3 Å². The number of rotatable bonds is 5. The van der Waals surface area contributed by atoms with E-state index in [-0.39, 0.29) is 24.4 Å². The largest absolute Gasteiger partial charge is 0.481 e. The Morgan fingerprint density at radius 1 is 1.33 bits per heavy atom. The van der Waals surface area contributed by atoms with Gasteiger partial charge in [0.1, 0.15) is 5.75 Å². The van der Waals surface area contributed by atoms with Crippen molar-refractivity contribution in [2.24, 2.45) is 5.73 Å². The molecule has 0 aromatic heterocycles. The number of ether oxygens (including phenoxy) is 1. The zero-order valence-corrected chi connectivity index (χ0v) is 11.8. The second-order valence-corrected chi connectivity index (χ2v) is 4.11. The molecule has 0 fully saturated rings. The molecule has 0 spiro atoms. The Hall–Kier alpha value is -1.26. The maximum Gasteiger partial charge on any atom is 0.263 e. The number of carbonyl (C=O) groups excluding carboxylic acids is 1. The summed E-state index contributed by atoms with van der Waals surface area (Å²) in [6, 6.07) is 9.33. The van der Waals surface area contributed by atoms with Crippen LogP contribution in [0.5, 0.6) is 5.75 Å². The molecule has 5 heteroatoms. The molecule has 2 N–H and O–H groups in total. The molecule has 0 saturated heterocycles. The summed E-state index contributed by atoms with van der Waals surface area (Å²) in [4.78, 5) is 13.6. The van der Waals surface area contributed by atoms with Crippen molar-refractivity contribution in [1.82, 2.24) is 4.90 Å². The molecule has 0 aliphatic heterocycles. The van der Waals surface area contributed by atoms with E-state index in [1.54, 1.807) is 18.9 Å². The highest BCUT2D eigenvalue weighted by molar-refractivity contribution is 5.85. The summed E-state index contributed by atoms with van der Waals surface area (Å²) in [6.07, 6.45) is -0.503.